The third-order valence-electron chi connectivity index (χ3n) is 2.07. The van der Waals surface area contributed by atoms with Gasteiger partial charge in [0.25, 0.3) is 0 Å². The van der Waals surface area contributed by atoms with Gasteiger partial charge in [0.15, 0.2) is 4.34 Å². The van der Waals surface area contributed by atoms with Crippen LogP contribution in [0.25, 0.3) is 0 Å². The SMILES string of the molecule is CC(NC(=O)CSc1nncs1)c1ccc(Cl)s1. The largest absolute Gasteiger partial charge is 0.348 e. The number of halogens is 1. The molecule has 4 nitrogen and oxygen atoms in total. The van der Waals surface area contributed by atoms with Gasteiger partial charge in [-0.3, -0.25) is 4.79 Å². The monoisotopic (exact) mass is 319 g/mol. The van der Waals surface area contributed by atoms with Crippen molar-refractivity contribution in [3.63, 3.8) is 0 Å². The predicted molar refractivity (Wildman–Crippen MR) is 76.5 cm³/mol. The Labute approximate surface area is 122 Å². The van der Waals surface area contributed by atoms with Crippen molar-refractivity contribution >= 4 is 51.9 Å². The molecule has 0 aromatic carbocycles. The summed E-state index contributed by atoms with van der Waals surface area (Å²) in [6.07, 6.45) is 0. The maximum absolute atomic E-state index is 11.7. The van der Waals surface area contributed by atoms with E-state index in [1.807, 2.05) is 19.1 Å². The molecule has 0 saturated carbocycles. The zero-order valence-electron chi connectivity index (χ0n) is 9.42. The highest BCUT2D eigenvalue weighted by molar-refractivity contribution is 8.01. The van der Waals surface area contributed by atoms with Crippen LogP contribution in [0.2, 0.25) is 4.34 Å². The van der Waals surface area contributed by atoms with Gasteiger partial charge >= 0.3 is 0 Å². The summed E-state index contributed by atoms with van der Waals surface area (Å²) in [6.45, 7) is 1.94. The lowest BCUT2D eigenvalue weighted by atomic mass is 10.3. The van der Waals surface area contributed by atoms with Gasteiger partial charge in [0, 0.05) is 4.88 Å². The lowest BCUT2D eigenvalue weighted by Crippen LogP contribution is -2.27. The molecule has 0 saturated heterocycles. The van der Waals surface area contributed by atoms with Crippen LogP contribution in [-0.4, -0.2) is 21.9 Å². The van der Waals surface area contributed by atoms with Crippen LogP contribution in [0.15, 0.2) is 22.0 Å². The summed E-state index contributed by atoms with van der Waals surface area (Å²) < 4.78 is 1.53. The van der Waals surface area contributed by atoms with Gasteiger partial charge in [-0.05, 0) is 19.1 Å². The zero-order chi connectivity index (χ0) is 13.0. The van der Waals surface area contributed by atoms with Gasteiger partial charge in [0.05, 0.1) is 16.1 Å². The first-order chi connectivity index (χ1) is 8.65. The Hall–Kier alpha value is -0.630. The number of nitrogens with zero attached hydrogens (tertiary/aromatic N) is 2. The molecule has 0 spiro atoms. The smallest absolute Gasteiger partial charge is 0.230 e. The molecule has 2 aromatic heterocycles. The maximum Gasteiger partial charge on any atom is 0.230 e. The molecule has 2 heterocycles. The highest BCUT2D eigenvalue weighted by Gasteiger charge is 2.12. The highest BCUT2D eigenvalue weighted by Crippen LogP contribution is 2.26. The van der Waals surface area contributed by atoms with E-state index in [0.717, 1.165) is 13.6 Å². The number of carbonyl (C=O) groups is 1. The second-order valence-corrected chi connectivity index (χ2v) is 7.23. The first-order valence-corrected chi connectivity index (χ1v) is 8.14. The van der Waals surface area contributed by atoms with Crippen LogP contribution in [-0.2, 0) is 4.79 Å². The lowest BCUT2D eigenvalue weighted by molar-refractivity contribution is -0.119. The summed E-state index contributed by atoms with van der Waals surface area (Å²) in [6, 6.07) is 3.74. The lowest BCUT2D eigenvalue weighted by Gasteiger charge is -2.11. The Morgan fingerprint density at radius 2 is 2.44 bits per heavy atom. The standard InChI is InChI=1S/C10H10ClN3OS3/c1-6(7-2-3-8(11)18-7)13-9(15)4-16-10-14-12-5-17-10/h2-3,5-6H,4H2,1H3,(H,13,15). The number of hydrogen-bond acceptors (Lipinski definition) is 6. The molecule has 1 N–H and O–H groups in total. The van der Waals surface area contributed by atoms with E-state index < -0.39 is 0 Å². The van der Waals surface area contributed by atoms with Crippen molar-refractivity contribution in [2.45, 2.75) is 17.3 Å². The molecule has 1 atom stereocenters. The molecular formula is C10H10ClN3OS3. The molecule has 1 unspecified atom stereocenters. The van der Waals surface area contributed by atoms with Crippen molar-refractivity contribution in [2.24, 2.45) is 0 Å². The van der Waals surface area contributed by atoms with Crippen LogP contribution in [0.4, 0.5) is 0 Å². The summed E-state index contributed by atoms with van der Waals surface area (Å²) in [5.74, 6) is 0.325. The van der Waals surface area contributed by atoms with Crippen molar-refractivity contribution in [1.29, 1.82) is 0 Å². The van der Waals surface area contributed by atoms with Crippen LogP contribution in [0.1, 0.15) is 17.8 Å². The third kappa shape index (κ3) is 3.94. The molecular weight excluding hydrogens is 310 g/mol. The number of nitrogens with one attached hydrogen (secondary N) is 1. The van der Waals surface area contributed by atoms with Crippen LogP contribution in [0.5, 0.6) is 0 Å². The fourth-order valence-corrected chi connectivity index (χ4v) is 3.63. The minimum Gasteiger partial charge on any atom is -0.348 e. The summed E-state index contributed by atoms with van der Waals surface area (Å²) in [7, 11) is 0. The first-order valence-electron chi connectivity index (χ1n) is 5.08. The van der Waals surface area contributed by atoms with Gasteiger partial charge in [0.2, 0.25) is 5.91 Å². The van der Waals surface area contributed by atoms with Gasteiger partial charge in [-0.15, -0.1) is 21.5 Å². The van der Waals surface area contributed by atoms with E-state index in [9.17, 15) is 4.79 Å². The molecule has 2 rings (SSSR count). The van der Waals surface area contributed by atoms with Crippen LogP contribution < -0.4 is 5.32 Å². The topological polar surface area (TPSA) is 54.9 Å². The number of carbonyl (C=O) groups excluding carboxylic acids is 1. The Kier molecular flexibility index (Phi) is 4.99. The van der Waals surface area contributed by atoms with E-state index in [0.29, 0.717) is 5.75 Å². The van der Waals surface area contributed by atoms with Crippen LogP contribution >= 0.6 is 46.0 Å². The quantitative estimate of drug-likeness (QED) is 0.860. The Morgan fingerprint density at radius 1 is 1.61 bits per heavy atom. The van der Waals surface area contributed by atoms with Gasteiger partial charge in [-0.25, -0.2) is 0 Å². The fourth-order valence-electron chi connectivity index (χ4n) is 1.27. The molecule has 0 aliphatic rings. The van der Waals surface area contributed by atoms with Gasteiger partial charge < -0.3 is 5.32 Å². The molecule has 0 bridgehead atoms. The third-order valence-corrected chi connectivity index (χ3v) is 5.34. The molecule has 1 amide bonds. The molecule has 0 aliphatic carbocycles. The maximum atomic E-state index is 11.7. The predicted octanol–water partition coefficient (Wildman–Crippen LogP) is 3.22. The Bertz CT molecular complexity index is 514. The molecule has 0 fully saturated rings. The number of aromatic nitrogens is 2. The van der Waals surface area contributed by atoms with E-state index in [2.05, 4.69) is 15.5 Å². The molecule has 8 heteroatoms. The van der Waals surface area contributed by atoms with Crippen molar-refractivity contribution in [2.75, 3.05) is 5.75 Å². The minimum absolute atomic E-state index is 0.0211. The number of hydrogen-bond donors (Lipinski definition) is 1. The summed E-state index contributed by atoms with van der Waals surface area (Å²) >= 11 is 10.2. The zero-order valence-corrected chi connectivity index (χ0v) is 12.6. The molecule has 0 radical (unpaired) electrons. The molecule has 18 heavy (non-hydrogen) atoms. The van der Waals surface area contributed by atoms with E-state index in [1.54, 1.807) is 5.51 Å². The Morgan fingerprint density at radius 3 is 3.06 bits per heavy atom. The van der Waals surface area contributed by atoms with Crippen molar-refractivity contribution < 1.29 is 4.79 Å². The van der Waals surface area contributed by atoms with Crippen LogP contribution in [0.3, 0.4) is 0 Å². The first kappa shape index (κ1) is 13.8. The number of amides is 1. The second-order valence-electron chi connectivity index (χ2n) is 3.42. The summed E-state index contributed by atoms with van der Waals surface area (Å²) in [5, 5.41) is 10.5. The molecule has 2 aromatic rings. The van der Waals surface area contributed by atoms with Crippen molar-refractivity contribution in [3.05, 3.63) is 26.9 Å². The van der Waals surface area contributed by atoms with E-state index in [-0.39, 0.29) is 11.9 Å². The van der Waals surface area contributed by atoms with Crippen molar-refractivity contribution in [3.8, 4) is 0 Å². The minimum atomic E-state index is -0.0231. The normalized spacial score (nSPS) is 12.3. The van der Waals surface area contributed by atoms with Gasteiger partial charge in [-0.1, -0.05) is 34.7 Å². The van der Waals surface area contributed by atoms with Crippen molar-refractivity contribution in [1.82, 2.24) is 15.5 Å². The fraction of sp³-hybridized carbons (Fsp3) is 0.300. The average molecular weight is 320 g/mol. The summed E-state index contributed by atoms with van der Waals surface area (Å²) in [4.78, 5) is 12.8. The van der Waals surface area contributed by atoms with Gasteiger partial charge in [0.1, 0.15) is 5.51 Å². The number of thiophene rings is 1. The van der Waals surface area contributed by atoms with E-state index >= 15 is 0 Å². The van der Waals surface area contributed by atoms with E-state index in [4.69, 9.17) is 11.6 Å². The highest BCUT2D eigenvalue weighted by atomic mass is 35.5. The average Bonchev–Trinajstić information content (AvgIpc) is 2.97. The number of thioether (sulfide) groups is 1. The van der Waals surface area contributed by atoms with E-state index in [1.165, 1.54) is 34.4 Å². The molecule has 96 valence electrons. The Balaban J connectivity index is 1.80. The second kappa shape index (κ2) is 6.51. The summed E-state index contributed by atoms with van der Waals surface area (Å²) in [5.41, 5.74) is 1.65. The number of rotatable bonds is 5. The van der Waals surface area contributed by atoms with Gasteiger partial charge in [-0.2, -0.15) is 0 Å². The molecule has 0 aliphatic heterocycles. The van der Waals surface area contributed by atoms with Crippen LogP contribution in [0, 0.1) is 0 Å².